The summed E-state index contributed by atoms with van der Waals surface area (Å²) in [7, 11) is -4.20. The van der Waals surface area contributed by atoms with Gasteiger partial charge in [-0.2, -0.15) is 8.42 Å². The van der Waals surface area contributed by atoms with E-state index >= 15 is 0 Å². The Labute approximate surface area is 137 Å². The Balaban J connectivity index is 1.91. The zero-order valence-corrected chi connectivity index (χ0v) is 14.0. The molecule has 1 aromatic carbocycles. The minimum atomic E-state index is -4.20. The summed E-state index contributed by atoms with van der Waals surface area (Å²) in [6.07, 6.45) is 12.1. The predicted octanol–water partition coefficient (Wildman–Crippen LogP) is 3.63. The van der Waals surface area contributed by atoms with Gasteiger partial charge in [-0.1, -0.05) is 54.7 Å². The monoisotopic (exact) mass is 334 g/mol. The van der Waals surface area contributed by atoms with Gasteiger partial charge in [-0.3, -0.25) is 4.55 Å². The molecule has 1 aromatic rings. The molecule has 0 unspecified atom stereocenters. The Bertz CT molecular complexity index is 717. The van der Waals surface area contributed by atoms with Gasteiger partial charge in [0.1, 0.15) is 0 Å². The van der Waals surface area contributed by atoms with Crippen molar-refractivity contribution in [2.75, 3.05) is 0 Å². The van der Waals surface area contributed by atoms with Gasteiger partial charge in [0, 0.05) is 6.42 Å². The molecule has 1 aliphatic heterocycles. The third-order valence-electron chi connectivity index (χ3n) is 3.68. The van der Waals surface area contributed by atoms with E-state index in [4.69, 9.17) is 4.74 Å². The first-order valence-corrected chi connectivity index (χ1v) is 9.01. The molecule has 124 valence electrons. The molecule has 5 heteroatoms. The van der Waals surface area contributed by atoms with E-state index < -0.39 is 10.1 Å². The van der Waals surface area contributed by atoms with Crippen LogP contribution in [-0.2, 0) is 21.3 Å². The largest absolute Gasteiger partial charge is 0.369 e. The van der Waals surface area contributed by atoms with Crippen molar-refractivity contribution >= 4 is 10.1 Å². The molecular formula is C18H22O4S. The van der Waals surface area contributed by atoms with Gasteiger partial charge in [0.2, 0.25) is 0 Å². The molecule has 0 amide bonds. The Morgan fingerprint density at radius 2 is 2.04 bits per heavy atom. The third kappa shape index (κ3) is 5.46. The van der Waals surface area contributed by atoms with E-state index in [9.17, 15) is 13.0 Å². The van der Waals surface area contributed by atoms with Crippen LogP contribution in [0.15, 0.2) is 60.1 Å². The van der Waals surface area contributed by atoms with Crippen molar-refractivity contribution in [3.63, 3.8) is 0 Å². The smallest absolute Gasteiger partial charge is 0.294 e. The lowest BCUT2D eigenvalue weighted by atomic mass is 10.0. The van der Waals surface area contributed by atoms with Crippen LogP contribution in [0.3, 0.4) is 0 Å². The predicted molar refractivity (Wildman–Crippen MR) is 91.1 cm³/mol. The van der Waals surface area contributed by atoms with Gasteiger partial charge in [0.25, 0.3) is 10.1 Å². The molecule has 0 spiro atoms. The fraction of sp³-hybridized carbons (Fsp3) is 0.333. The van der Waals surface area contributed by atoms with Crippen molar-refractivity contribution < 1.29 is 17.7 Å². The fourth-order valence-corrected chi connectivity index (χ4v) is 3.20. The average molecular weight is 334 g/mol. The summed E-state index contributed by atoms with van der Waals surface area (Å²) in [4.78, 5) is -0.0255. The molecule has 0 aromatic heterocycles. The van der Waals surface area contributed by atoms with Crippen LogP contribution < -0.4 is 0 Å². The molecule has 1 saturated heterocycles. The molecule has 0 radical (unpaired) electrons. The van der Waals surface area contributed by atoms with E-state index in [1.807, 2.05) is 19.1 Å². The number of rotatable bonds is 8. The molecule has 1 N–H and O–H groups in total. The quantitative estimate of drug-likeness (QED) is 0.341. The first-order valence-electron chi connectivity index (χ1n) is 7.57. The highest BCUT2D eigenvalue weighted by Crippen LogP contribution is 2.31. The highest BCUT2D eigenvalue weighted by Gasteiger charge is 2.38. The van der Waals surface area contributed by atoms with Gasteiger partial charge in [-0.25, -0.2) is 0 Å². The second-order valence-electron chi connectivity index (χ2n) is 5.61. The van der Waals surface area contributed by atoms with Crippen LogP contribution in [0.5, 0.6) is 0 Å². The van der Waals surface area contributed by atoms with Gasteiger partial charge in [0.15, 0.2) is 0 Å². The normalized spacial score (nSPS) is 21.1. The van der Waals surface area contributed by atoms with E-state index in [1.54, 1.807) is 18.2 Å². The zero-order valence-electron chi connectivity index (χ0n) is 13.2. The van der Waals surface area contributed by atoms with Crippen LogP contribution in [-0.4, -0.2) is 25.2 Å². The fourth-order valence-electron chi connectivity index (χ4n) is 2.48. The molecule has 0 aliphatic carbocycles. The molecule has 23 heavy (non-hydrogen) atoms. The third-order valence-corrected chi connectivity index (χ3v) is 4.64. The topological polar surface area (TPSA) is 66.9 Å². The maximum atomic E-state index is 11.4. The van der Waals surface area contributed by atoms with Crippen molar-refractivity contribution in [3.8, 4) is 0 Å². The van der Waals surface area contributed by atoms with Gasteiger partial charge in [-0.05, 0) is 31.4 Å². The number of benzene rings is 1. The van der Waals surface area contributed by atoms with Crippen LogP contribution in [0.2, 0.25) is 0 Å². The van der Waals surface area contributed by atoms with Crippen LogP contribution >= 0.6 is 0 Å². The molecule has 1 fully saturated rings. The van der Waals surface area contributed by atoms with E-state index in [1.165, 1.54) is 6.07 Å². The SMILES string of the molecule is C=C/C=C\C/C=C\C[C@H]1O[C@H]1Cc1cc(C)ccc1S(=O)(=O)O. The lowest BCUT2D eigenvalue weighted by Crippen LogP contribution is -2.07. The van der Waals surface area contributed by atoms with Gasteiger partial charge >= 0.3 is 0 Å². The number of aryl methyl sites for hydroxylation is 1. The van der Waals surface area contributed by atoms with E-state index in [-0.39, 0.29) is 17.1 Å². The standard InChI is InChI=1S/C18H22O4S/c1-3-4-5-6-7-8-9-16-17(22-16)13-15-12-14(2)10-11-18(15)23(19,20)21/h3-5,7-8,10-12,16-17H,1,6,9,13H2,2H3,(H,19,20,21)/b5-4-,8-7-/t16-,17+/m1/s1. The van der Waals surface area contributed by atoms with Gasteiger partial charge < -0.3 is 4.74 Å². The molecule has 1 aliphatic rings. The maximum Gasteiger partial charge on any atom is 0.294 e. The number of allylic oxidation sites excluding steroid dienone is 4. The number of hydrogen-bond acceptors (Lipinski definition) is 3. The first kappa shape index (κ1) is 17.7. The Hall–Kier alpha value is -1.69. The molecular weight excluding hydrogens is 312 g/mol. The summed E-state index contributed by atoms with van der Waals surface area (Å²) in [5.41, 5.74) is 1.57. The van der Waals surface area contributed by atoms with Crippen molar-refractivity contribution in [2.24, 2.45) is 0 Å². The summed E-state index contributed by atoms with van der Waals surface area (Å²) in [6.45, 7) is 5.50. The highest BCUT2D eigenvalue weighted by molar-refractivity contribution is 7.85. The van der Waals surface area contributed by atoms with Gasteiger partial charge in [0.05, 0.1) is 17.1 Å². The maximum absolute atomic E-state index is 11.4. The number of epoxide rings is 1. The summed E-state index contributed by atoms with van der Waals surface area (Å²) in [6, 6.07) is 4.92. The lowest BCUT2D eigenvalue weighted by Gasteiger charge is -2.06. The molecule has 2 rings (SSSR count). The molecule has 0 saturated carbocycles. The molecule has 4 nitrogen and oxygen atoms in total. The Kier molecular flexibility index (Phi) is 5.93. The van der Waals surface area contributed by atoms with E-state index in [0.717, 1.165) is 18.4 Å². The molecule has 1 heterocycles. The Morgan fingerprint density at radius 3 is 2.74 bits per heavy atom. The number of ether oxygens (including phenoxy) is 1. The summed E-state index contributed by atoms with van der Waals surface area (Å²) >= 11 is 0. The highest BCUT2D eigenvalue weighted by atomic mass is 32.2. The van der Waals surface area contributed by atoms with Crippen molar-refractivity contribution in [1.82, 2.24) is 0 Å². The second-order valence-corrected chi connectivity index (χ2v) is 7.00. The first-order chi connectivity index (χ1) is 10.9. The molecule has 2 atom stereocenters. The summed E-state index contributed by atoms with van der Waals surface area (Å²) in [5.74, 6) is 0. The average Bonchev–Trinajstić information content (AvgIpc) is 3.19. The van der Waals surface area contributed by atoms with Crippen LogP contribution in [0, 0.1) is 6.92 Å². The summed E-state index contributed by atoms with van der Waals surface area (Å²) in [5, 5.41) is 0. The number of hydrogen-bond donors (Lipinski definition) is 1. The van der Waals surface area contributed by atoms with Crippen molar-refractivity contribution in [2.45, 2.75) is 43.3 Å². The summed E-state index contributed by atoms with van der Waals surface area (Å²) < 4.78 is 37.8. The lowest BCUT2D eigenvalue weighted by molar-refractivity contribution is 0.369. The molecule has 0 bridgehead atoms. The van der Waals surface area contributed by atoms with Gasteiger partial charge in [-0.15, -0.1) is 0 Å². The minimum Gasteiger partial charge on any atom is -0.369 e. The Morgan fingerprint density at radius 1 is 1.26 bits per heavy atom. The van der Waals surface area contributed by atoms with E-state index in [2.05, 4.69) is 18.7 Å². The van der Waals surface area contributed by atoms with E-state index in [0.29, 0.717) is 12.0 Å². The van der Waals surface area contributed by atoms with Crippen LogP contribution in [0.4, 0.5) is 0 Å². The zero-order chi connectivity index (χ0) is 16.9. The van der Waals surface area contributed by atoms with Crippen molar-refractivity contribution in [3.05, 3.63) is 66.3 Å². The second kappa shape index (κ2) is 7.73. The minimum absolute atomic E-state index is 0.00525. The van der Waals surface area contributed by atoms with Crippen LogP contribution in [0.25, 0.3) is 0 Å². The van der Waals surface area contributed by atoms with Crippen molar-refractivity contribution in [1.29, 1.82) is 0 Å². The van der Waals surface area contributed by atoms with Crippen LogP contribution in [0.1, 0.15) is 24.0 Å².